The Morgan fingerprint density at radius 2 is 2.36 bits per heavy atom. The second kappa shape index (κ2) is 3.45. The van der Waals surface area contributed by atoms with Gasteiger partial charge >= 0.3 is 0 Å². The number of hydrogen-bond acceptors (Lipinski definition) is 4. The SMILES string of the molecule is COC(C(C)O)n1cncn1. The minimum atomic E-state index is -0.596. The zero-order valence-corrected chi connectivity index (χ0v) is 6.51. The molecule has 5 heteroatoms. The predicted molar refractivity (Wildman–Crippen MR) is 37.7 cm³/mol. The molecule has 0 fully saturated rings. The molecule has 0 bridgehead atoms. The van der Waals surface area contributed by atoms with Gasteiger partial charge in [-0.15, -0.1) is 0 Å². The fourth-order valence-electron chi connectivity index (χ4n) is 0.875. The van der Waals surface area contributed by atoms with Gasteiger partial charge in [-0.25, -0.2) is 9.67 Å². The van der Waals surface area contributed by atoms with Crippen LogP contribution in [0.15, 0.2) is 12.7 Å². The van der Waals surface area contributed by atoms with Gasteiger partial charge in [-0.05, 0) is 6.92 Å². The second-order valence-corrected chi connectivity index (χ2v) is 2.24. The van der Waals surface area contributed by atoms with Crippen LogP contribution in [0.4, 0.5) is 0 Å². The van der Waals surface area contributed by atoms with Crippen LogP contribution in [-0.4, -0.2) is 33.1 Å². The molecule has 2 atom stereocenters. The summed E-state index contributed by atoms with van der Waals surface area (Å²) in [6.07, 6.45) is 1.86. The molecule has 1 rings (SSSR count). The Hall–Kier alpha value is -0.940. The molecular formula is C6H11N3O2. The van der Waals surface area contributed by atoms with Crippen LogP contribution in [0.5, 0.6) is 0 Å². The van der Waals surface area contributed by atoms with Crippen molar-refractivity contribution in [1.82, 2.24) is 14.8 Å². The van der Waals surface area contributed by atoms with Crippen molar-refractivity contribution in [3.63, 3.8) is 0 Å². The summed E-state index contributed by atoms with van der Waals surface area (Å²) in [7, 11) is 1.51. The number of nitrogens with zero attached hydrogens (tertiary/aromatic N) is 3. The Balaban J connectivity index is 2.71. The van der Waals surface area contributed by atoms with Gasteiger partial charge in [-0.1, -0.05) is 0 Å². The maximum absolute atomic E-state index is 9.17. The molecule has 62 valence electrons. The summed E-state index contributed by atoms with van der Waals surface area (Å²) in [5.74, 6) is 0. The van der Waals surface area contributed by atoms with Gasteiger partial charge in [-0.3, -0.25) is 0 Å². The van der Waals surface area contributed by atoms with E-state index in [1.54, 1.807) is 6.92 Å². The van der Waals surface area contributed by atoms with Gasteiger partial charge in [0.15, 0.2) is 6.23 Å². The van der Waals surface area contributed by atoms with E-state index in [1.807, 2.05) is 0 Å². The fourth-order valence-corrected chi connectivity index (χ4v) is 0.875. The second-order valence-electron chi connectivity index (χ2n) is 2.24. The van der Waals surface area contributed by atoms with E-state index in [1.165, 1.54) is 24.4 Å². The van der Waals surface area contributed by atoms with Crippen LogP contribution in [0.2, 0.25) is 0 Å². The van der Waals surface area contributed by atoms with Crippen molar-refractivity contribution in [2.75, 3.05) is 7.11 Å². The molecule has 1 aromatic heterocycles. The highest BCUT2D eigenvalue weighted by Crippen LogP contribution is 2.08. The van der Waals surface area contributed by atoms with Crippen LogP contribution >= 0.6 is 0 Å². The molecule has 0 aliphatic carbocycles. The van der Waals surface area contributed by atoms with E-state index < -0.39 is 12.3 Å². The number of aromatic nitrogens is 3. The highest BCUT2D eigenvalue weighted by molar-refractivity contribution is 4.64. The Morgan fingerprint density at radius 1 is 1.64 bits per heavy atom. The van der Waals surface area contributed by atoms with E-state index in [0.717, 1.165) is 0 Å². The summed E-state index contributed by atoms with van der Waals surface area (Å²) in [6, 6.07) is 0. The molecule has 0 spiro atoms. The Labute approximate surface area is 64.6 Å². The third-order valence-corrected chi connectivity index (χ3v) is 1.35. The number of hydrogen-bond donors (Lipinski definition) is 1. The number of ether oxygens (including phenoxy) is 1. The van der Waals surface area contributed by atoms with Gasteiger partial charge in [0.05, 0.1) is 6.10 Å². The quantitative estimate of drug-likeness (QED) is 0.660. The largest absolute Gasteiger partial charge is 0.389 e. The lowest BCUT2D eigenvalue weighted by Gasteiger charge is -2.17. The number of aliphatic hydroxyl groups excluding tert-OH is 1. The van der Waals surface area contributed by atoms with Gasteiger partial charge in [-0.2, -0.15) is 5.10 Å². The van der Waals surface area contributed by atoms with E-state index in [9.17, 15) is 5.11 Å². The van der Waals surface area contributed by atoms with Crippen molar-refractivity contribution in [2.45, 2.75) is 19.3 Å². The van der Waals surface area contributed by atoms with Crippen molar-refractivity contribution < 1.29 is 9.84 Å². The first-order valence-electron chi connectivity index (χ1n) is 3.30. The molecule has 1 heterocycles. The Kier molecular flexibility index (Phi) is 2.56. The van der Waals surface area contributed by atoms with Crippen molar-refractivity contribution in [1.29, 1.82) is 0 Å². The molecule has 0 saturated carbocycles. The maximum Gasteiger partial charge on any atom is 0.176 e. The Bertz CT molecular complexity index is 198. The number of rotatable bonds is 3. The highest BCUT2D eigenvalue weighted by atomic mass is 16.5. The van der Waals surface area contributed by atoms with Crippen LogP contribution in [0.3, 0.4) is 0 Å². The molecular weight excluding hydrogens is 146 g/mol. The van der Waals surface area contributed by atoms with Crippen LogP contribution < -0.4 is 0 Å². The first-order chi connectivity index (χ1) is 5.25. The van der Waals surface area contributed by atoms with E-state index >= 15 is 0 Å². The maximum atomic E-state index is 9.17. The fraction of sp³-hybridized carbons (Fsp3) is 0.667. The number of aliphatic hydroxyl groups is 1. The summed E-state index contributed by atoms with van der Waals surface area (Å²) in [5.41, 5.74) is 0. The van der Waals surface area contributed by atoms with Gasteiger partial charge in [0, 0.05) is 7.11 Å². The van der Waals surface area contributed by atoms with Gasteiger partial charge in [0.25, 0.3) is 0 Å². The van der Waals surface area contributed by atoms with Crippen molar-refractivity contribution in [3.8, 4) is 0 Å². The highest BCUT2D eigenvalue weighted by Gasteiger charge is 2.15. The number of methoxy groups -OCH3 is 1. The summed E-state index contributed by atoms with van der Waals surface area (Å²) in [4.78, 5) is 3.73. The third kappa shape index (κ3) is 1.75. The first kappa shape index (κ1) is 8.16. The molecule has 1 N–H and O–H groups in total. The molecule has 0 radical (unpaired) electrons. The normalized spacial score (nSPS) is 16.3. The topological polar surface area (TPSA) is 60.2 Å². The van der Waals surface area contributed by atoms with E-state index in [-0.39, 0.29) is 0 Å². The van der Waals surface area contributed by atoms with Crippen LogP contribution in [0.25, 0.3) is 0 Å². The summed E-state index contributed by atoms with van der Waals surface area (Å²) >= 11 is 0. The van der Waals surface area contributed by atoms with Crippen LogP contribution in [0.1, 0.15) is 13.2 Å². The van der Waals surface area contributed by atoms with E-state index in [4.69, 9.17) is 4.74 Å². The van der Waals surface area contributed by atoms with Crippen LogP contribution in [0, 0.1) is 0 Å². The first-order valence-corrected chi connectivity index (χ1v) is 3.30. The molecule has 1 aromatic rings. The van der Waals surface area contributed by atoms with E-state index in [0.29, 0.717) is 0 Å². The standard InChI is InChI=1S/C6H11N3O2/c1-5(10)6(11-2)9-4-7-3-8-9/h3-6,10H,1-2H3. The smallest absolute Gasteiger partial charge is 0.176 e. The summed E-state index contributed by atoms with van der Waals surface area (Å²) in [6.45, 7) is 1.63. The molecule has 0 aliphatic rings. The Morgan fingerprint density at radius 3 is 2.73 bits per heavy atom. The molecule has 0 aliphatic heterocycles. The lowest BCUT2D eigenvalue weighted by Crippen LogP contribution is -2.23. The van der Waals surface area contributed by atoms with Crippen molar-refractivity contribution in [3.05, 3.63) is 12.7 Å². The average molecular weight is 157 g/mol. The molecule has 11 heavy (non-hydrogen) atoms. The van der Waals surface area contributed by atoms with Crippen molar-refractivity contribution >= 4 is 0 Å². The zero-order valence-electron chi connectivity index (χ0n) is 6.51. The zero-order chi connectivity index (χ0) is 8.27. The third-order valence-electron chi connectivity index (χ3n) is 1.35. The minimum absolute atomic E-state index is 0.447. The molecule has 0 aromatic carbocycles. The van der Waals surface area contributed by atoms with Gasteiger partial charge < -0.3 is 9.84 Å². The van der Waals surface area contributed by atoms with Crippen LogP contribution in [-0.2, 0) is 4.74 Å². The van der Waals surface area contributed by atoms with Crippen molar-refractivity contribution in [2.24, 2.45) is 0 Å². The predicted octanol–water partition coefficient (Wildman–Crippen LogP) is -0.196. The summed E-state index contributed by atoms with van der Waals surface area (Å²) in [5, 5.41) is 13.0. The van der Waals surface area contributed by atoms with Gasteiger partial charge in [0.1, 0.15) is 12.7 Å². The average Bonchev–Trinajstić information content (AvgIpc) is 2.40. The molecule has 5 nitrogen and oxygen atoms in total. The molecule has 0 saturated heterocycles. The van der Waals surface area contributed by atoms with E-state index in [2.05, 4.69) is 10.1 Å². The summed E-state index contributed by atoms with van der Waals surface area (Å²) < 4.78 is 6.43. The van der Waals surface area contributed by atoms with Gasteiger partial charge in [0.2, 0.25) is 0 Å². The molecule has 0 amide bonds. The molecule has 2 unspecified atom stereocenters. The lowest BCUT2D eigenvalue weighted by molar-refractivity contribution is -0.0567. The minimum Gasteiger partial charge on any atom is -0.389 e. The lowest BCUT2D eigenvalue weighted by atomic mass is 10.4. The monoisotopic (exact) mass is 157 g/mol.